The van der Waals surface area contributed by atoms with Crippen LogP contribution in [0.3, 0.4) is 0 Å². The van der Waals surface area contributed by atoms with Gasteiger partial charge in [-0.25, -0.2) is 4.39 Å². The normalized spacial score (nSPS) is 16.4. The van der Waals surface area contributed by atoms with E-state index in [-0.39, 0.29) is 11.9 Å². The maximum atomic E-state index is 13.2. The van der Waals surface area contributed by atoms with Gasteiger partial charge in [0.2, 0.25) is 0 Å². The molecule has 4 heteroatoms. The number of piperidine rings is 1. The summed E-state index contributed by atoms with van der Waals surface area (Å²) in [6, 6.07) is 15.2. The summed E-state index contributed by atoms with van der Waals surface area (Å²) in [5, 5.41) is 13.0. The zero-order chi connectivity index (χ0) is 16.8. The molecule has 1 heterocycles. The summed E-state index contributed by atoms with van der Waals surface area (Å²) in [7, 11) is 0. The number of rotatable bonds is 6. The van der Waals surface area contributed by atoms with Crippen molar-refractivity contribution in [2.45, 2.75) is 38.6 Å². The van der Waals surface area contributed by atoms with Crippen molar-refractivity contribution in [2.75, 3.05) is 13.1 Å². The number of aliphatic hydroxyl groups is 1. The molecule has 3 rings (SSSR count). The largest absolute Gasteiger partial charge is 0.393 e. The Hall–Kier alpha value is -1.75. The van der Waals surface area contributed by atoms with E-state index < -0.39 is 0 Å². The minimum Gasteiger partial charge on any atom is -0.393 e. The van der Waals surface area contributed by atoms with Gasteiger partial charge in [-0.3, -0.25) is 4.90 Å². The highest BCUT2D eigenvalue weighted by atomic mass is 19.1. The molecule has 0 radical (unpaired) electrons. The zero-order valence-electron chi connectivity index (χ0n) is 13.9. The Kier molecular flexibility index (Phi) is 5.96. The third kappa shape index (κ3) is 4.87. The molecule has 1 aliphatic rings. The molecule has 0 amide bonds. The van der Waals surface area contributed by atoms with Crippen molar-refractivity contribution in [3.8, 4) is 0 Å². The lowest BCUT2D eigenvalue weighted by atomic mass is 10.0. The van der Waals surface area contributed by atoms with E-state index in [1.165, 1.54) is 17.2 Å². The predicted octanol–water partition coefficient (Wildman–Crippen LogP) is 3.07. The van der Waals surface area contributed by atoms with Gasteiger partial charge >= 0.3 is 0 Å². The van der Waals surface area contributed by atoms with Crippen LogP contribution >= 0.6 is 0 Å². The summed E-state index contributed by atoms with van der Waals surface area (Å²) in [5.74, 6) is -0.193. The van der Waals surface area contributed by atoms with Crippen LogP contribution in [0.4, 0.5) is 4.39 Å². The molecule has 2 aromatic rings. The maximum Gasteiger partial charge on any atom is 0.123 e. The molecule has 1 fully saturated rings. The average Bonchev–Trinajstić information content (AvgIpc) is 2.58. The quantitative estimate of drug-likeness (QED) is 0.855. The third-order valence-electron chi connectivity index (χ3n) is 4.60. The summed E-state index contributed by atoms with van der Waals surface area (Å²) in [4.78, 5) is 2.40. The topological polar surface area (TPSA) is 35.5 Å². The molecule has 1 aliphatic heterocycles. The van der Waals surface area contributed by atoms with Crippen LogP contribution in [-0.4, -0.2) is 29.2 Å². The standard InChI is InChI=1S/C20H25FN2O/c21-19-7-3-4-16(12-19)13-22-14-17-5-1-2-6-18(17)15-23-10-8-20(24)9-11-23/h1-7,12,20,22,24H,8-11,13-15H2. The average molecular weight is 328 g/mol. The molecule has 2 N–H and O–H groups in total. The highest BCUT2D eigenvalue weighted by Gasteiger charge is 2.17. The van der Waals surface area contributed by atoms with Crippen LogP contribution in [0.15, 0.2) is 48.5 Å². The van der Waals surface area contributed by atoms with Crippen molar-refractivity contribution in [3.05, 3.63) is 71.0 Å². The van der Waals surface area contributed by atoms with E-state index in [4.69, 9.17) is 0 Å². The number of halogens is 1. The summed E-state index contributed by atoms with van der Waals surface area (Å²) in [6.45, 7) is 4.24. The molecule has 0 aromatic heterocycles. The molecule has 24 heavy (non-hydrogen) atoms. The van der Waals surface area contributed by atoms with Crippen molar-refractivity contribution >= 4 is 0 Å². The smallest absolute Gasteiger partial charge is 0.123 e. The number of aliphatic hydroxyl groups excluding tert-OH is 1. The van der Waals surface area contributed by atoms with E-state index in [2.05, 4.69) is 34.5 Å². The predicted molar refractivity (Wildman–Crippen MR) is 93.9 cm³/mol. The van der Waals surface area contributed by atoms with E-state index in [9.17, 15) is 9.50 Å². The number of nitrogens with zero attached hydrogens (tertiary/aromatic N) is 1. The van der Waals surface area contributed by atoms with Gasteiger partial charge in [0.05, 0.1) is 6.10 Å². The first kappa shape index (κ1) is 17.1. The van der Waals surface area contributed by atoms with Gasteiger partial charge in [0.25, 0.3) is 0 Å². The first-order chi connectivity index (χ1) is 11.7. The highest BCUT2D eigenvalue weighted by molar-refractivity contribution is 5.27. The molecule has 0 aliphatic carbocycles. The van der Waals surface area contributed by atoms with Crippen LogP contribution in [0.1, 0.15) is 29.5 Å². The second kappa shape index (κ2) is 8.38. The van der Waals surface area contributed by atoms with E-state index in [1.54, 1.807) is 12.1 Å². The van der Waals surface area contributed by atoms with Crippen LogP contribution < -0.4 is 5.32 Å². The maximum absolute atomic E-state index is 13.2. The fourth-order valence-corrected chi connectivity index (χ4v) is 3.19. The Labute approximate surface area is 143 Å². The molecule has 2 aromatic carbocycles. The van der Waals surface area contributed by atoms with Crippen molar-refractivity contribution in [3.63, 3.8) is 0 Å². The summed E-state index contributed by atoms with van der Waals surface area (Å²) in [6.07, 6.45) is 1.59. The molecular weight excluding hydrogens is 303 g/mol. The van der Waals surface area contributed by atoms with Crippen molar-refractivity contribution in [1.82, 2.24) is 10.2 Å². The van der Waals surface area contributed by atoms with E-state index in [0.717, 1.165) is 44.6 Å². The second-order valence-electron chi connectivity index (χ2n) is 6.51. The minimum atomic E-state index is -0.193. The molecule has 1 saturated heterocycles. The van der Waals surface area contributed by atoms with Gasteiger partial charge in [0.15, 0.2) is 0 Å². The summed E-state index contributed by atoms with van der Waals surface area (Å²) in [5.41, 5.74) is 3.55. The van der Waals surface area contributed by atoms with E-state index >= 15 is 0 Å². The lowest BCUT2D eigenvalue weighted by Gasteiger charge is -2.30. The van der Waals surface area contributed by atoms with Gasteiger partial charge in [0, 0.05) is 32.7 Å². The molecule has 0 spiro atoms. The zero-order valence-corrected chi connectivity index (χ0v) is 13.9. The van der Waals surface area contributed by atoms with Gasteiger partial charge in [0.1, 0.15) is 5.82 Å². The molecule has 0 unspecified atom stereocenters. The van der Waals surface area contributed by atoms with Crippen molar-refractivity contribution in [2.24, 2.45) is 0 Å². The Bertz CT molecular complexity index is 654. The minimum absolute atomic E-state index is 0.135. The molecule has 0 saturated carbocycles. The van der Waals surface area contributed by atoms with Crippen LogP contribution in [0.5, 0.6) is 0 Å². The molecule has 0 atom stereocenters. The first-order valence-corrected chi connectivity index (χ1v) is 8.63. The van der Waals surface area contributed by atoms with E-state index in [1.807, 2.05) is 6.07 Å². The number of hydrogen-bond acceptors (Lipinski definition) is 3. The number of benzene rings is 2. The second-order valence-corrected chi connectivity index (χ2v) is 6.51. The monoisotopic (exact) mass is 328 g/mol. The van der Waals surface area contributed by atoms with Gasteiger partial charge in [-0.05, 0) is 41.7 Å². The third-order valence-corrected chi connectivity index (χ3v) is 4.60. The van der Waals surface area contributed by atoms with Gasteiger partial charge < -0.3 is 10.4 Å². The molecule has 0 bridgehead atoms. The Morgan fingerprint density at radius 1 is 1.00 bits per heavy atom. The summed E-state index contributed by atoms with van der Waals surface area (Å²) < 4.78 is 13.2. The van der Waals surface area contributed by atoms with Gasteiger partial charge in [-0.1, -0.05) is 36.4 Å². The highest BCUT2D eigenvalue weighted by Crippen LogP contribution is 2.16. The van der Waals surface area contributed by atoms with Crippen molar-refractivity contribution in [1.29, 1.82) is 0 Å². The molecule has 3 nitrogen and oxygen atoms in total. The summed E-state index contributed by atoms with van der Waals surface area (Å²) >= 11 is 0. The van der Waals surface area contributed by atoms with Crippen LogP contribution in [0.2, 0.25) is 0 Å². The Balaban J connectivity index is 1.55. The lowest BCUT2D eigenvalue weighted by molar-refractivity contribution is 0.0791. The molecular formula is C20H25FN2O. The molecule has 128 valence electrons. The number of hydrogen-bond donors (Lipinski definition) is 2. The van der Waals surface area contributed by atoms with Crippen LogP contribution in [0.25, 0.3) is 0 Å². The van der Waals surface area contributed by atoms with Crippen LogP contribution in [-0.2, 0) is 19.6 Å². The van der Waals surface area contributed by atoms with Gasteiger partial charge in [-0.2, -0.15) is 0 Å². The number of likely N-dealkylation sites (tertiary alicyclic amines) is 1. The Morgan fingerprint density at radius 3 is 2.50 bits per heavy atom. The Morgan fingerprint density at radius 2 is 1.75 bits per heavy atom. The van der Waals surface area contributed by atoms with Crippen LogP contribution in [0, 0.1) is 5.82 Å². The van der Waals surface area contributed by atoms with Gasteiger partial charge in [-0.15, -0.1) is 0 Å². The number of nitrogens with one attached hydrogen (secondary N) is 1. The fourth-order valence-electron chi connectivity index (χ4n) is 3.19. The fraction of sp³-hybridized carbons (Fsp3) is 0.400. The SMILES string of the molecule is OC1CCN(Cc2ccccc2CNCc2cccc(F)c2)CC1. The lowest BCUT2D eigenvalue weighted by Crippen LogP contribution is -2.35. The first-order valence-electron chi connectivity index (χ1n) is 8.63. The van der Waals surface area contributed by atoms with E-state index in [0.29, 0.717) is 6.54 Å². The van der Waals surface area contributed by atoms with Crippen molar-refractivity contribution < 1.29 is 9.50 Å².